The molecule has 0 aliphatic rings. The van der Waals surface area contributed by atoms with E-state index in [2.05, 4.69) is 19.9 Å². The first-order valence-corrected chi connectivity index (χ1v) is 11.4. The molecule has 0 saturated carbocycles. The molecule has 2 aromatic heterocycles. The Labute approximate surface area is 180 Å². The van der Waals surface area contributed by atoms with E-state index in [0.29, 0.717) is 24.1 Å². The topological polar surface area (TPSA) is 102 Å². The fourth-order valence-corrected chi connectivity index (χ4v) is 4.27. The third-order valence-electron chi connectivity index (χ3n) is 4.76. The minimum atomic E-state index is -3.68. The van der Waals surface area contributed by atoms with Crippen molar-refractivity contribution in [3.63, 3.8) is 0 Å². The predicted octanol–water partition coefficient (Wildman–Crippen LogP) is 4.22. The third kappa shape index (κ3) is 4.84. The quantitative estimate of drug-likeness (QED) is 0.430. The number of nitrogens with zero attached hydrogens (tertiary/aromatic N) is 3. The zero-order valence-electron chi connectivity index (χ0n) is 17.2. The fourth-order valence-electron chi connectivity index (χ4n) is 3.26. The summed E-state index contributed by atoms with van der Waals surface area (Å²) in [6.45, 7) is 4.16. The molecule has 9 heteroatoms. The lowest BCUT2D eigenvalue weighted by molar-refractivity contribution is 0.408. The largest absolute Gasteiger partial charge is 0.424 e. The first-order chi connectivity index (χ1) is 14.9. The van der Waals surface area contributed by atoms with Gasteiger partial charge < -0.3 is 9.72 Å². The van der Waals surface area contributed by atoms with Gasteiger partial charge >= 0.3 is 6.01 Å². The van der Waals surface area contributed by atoms with E-state index in [9.17, 15) is 8.42 Å². The van der Waals surface area contributed by atoms with Gasteiger partial charge in [-0.05, 0) is 49.1 Å². The molecule has 2 heterocycles. The Hall–Kier alpha value is -3.43. The number of aromatic amines is 1. The molecular formula is C22H23N5O3S. The van der Waals surface area contributed by atoms with Crippen LogP contribution in [0.25, 0.3) is 17.0 Å². The van der Waals surface area contributed by atoms with Crippen molar-refractivity contribution in [1.29, 1.82) is 0 Å². The SMILES string of the molecule is CCn1c(Oc2ccc3cc[nH]c3c2)nnc1[C@@H](C)NS(=O)(=O)C=Cc1ccccc1. The normalized spacial score (nSPS) is 13.1. The standard InChI is InChI=1S/C22H23N5O3S/c1-3-27-21(16(2)26-31(28,29)14-12-17-7-5-4-6-8-17)24-25-22(27)30-19-10-9-18-11-13-23-20(18)15-19/h4-16,23,26H,3H2,1-2H3/t16-/m1/s1. The van der Waals surface area contributed by atoms with Crippen LogP contribution in [0.15, 0.2) is 66.2 Å². The van der Waals surface area contributed by atoms with Gasteiger partial charge in [0.1, 0.15) is 5.75 Å². The Balaban J connectivity index is 1.51. The van der Waals surface area contributed by atoms with Gasteiger partial charge in [0.15, 0.2) is 5.82 Å². The van der Waals surface area contributed by atoms with Gasteiger partial charge in [-0.1, -0.05) is 35.4 Å². The summed E-state index contributed by atoms with van der Waals surface area (Å²) >= 11 is 0. The van der Waals surface area contributed by atoms with Crippen molar-refractivity contribution in [1.82, 2.24) is 24.5 Å². The molecule has 31 heavy (non-hydrogen) atoms. The highest BCUT2D eigenvalue weighted by atomic mass is 32.2. The number of fused-ring (bicyclic) bond motifs is 1. The molecule has 0 saturated heterocycles. The van der Waals surface area contributed by atoms with E-state index >= 15 is 0 Å². The lowest BCUT2D eigenvalue weighted by atomic mass is 10.2. The molecule has 0 fully saturated rings. The average molecular weight is 438 g/mol. The first kappa shape index (κ1) is 20.8. The van der Waals surface area contributed by atoms with Crippen molar-refractivity contribution >= 4 is 27.0 Å². The number of hydrogen-bond acceptors (Lipinski definition) is 5. The number of nitrogens with one attached hydrogen (secondary N) is 2. The Bertz CT molecular complexity index is 1310. The van der Waals surface area contributed by atoms with Crippen LogP contribution in [-0.2, 0) is 16.6 Å². The monoisotopic (exact) mass is 437 g/mol. The second kappa shape index (κ2) is 8.75. The van der Waals surface area contributed by atoms with Crippen LogP contribution in [0.2, 0.25) is 0 Å². The maximum absolute atomic E-state index is 12.5. The first-order valence-electron chi connectivity index (χ1n) is 9.89. The average Bonchev–Trinajstić information content (AvgIpc) is 3.39. The van der Waals surface area contributed by atoms with Crippen LogP contribution >= 0.6 is 0 Å². The minimum Gasteiger partial charge on any atom is -0.424 e. The van der Waals surface area contributed by atoms with E-state index in [1.165, 1.54) is 0 Å². The van der Waals surface area contributed by atoms with E-state index in [0.717, 1.165) is 21.9 Å². The molecule has 4 rings (SSSR count). The Morgan fingerprint density at radius 1 is 1.16 bits per heavy atom. The number of aromatic nitrogens is 4. The third-order valence-corrected chi connectivity index (χ3v) is 5.94. The Morgan fingerprint density at radius 2 is 1.97 bits per heavy atom. The zero-order valence-corrected chi connectivity index (χ0v) is 18.0. The maximum Gasteiger partial charge on any atom is 0.322 e. The zero-order chi connectivity index (χ0) is 21.8. The maximum atomic E-state index is 12.5. The van der Waals surface area contributed by atoms with Crippen molar-refractivity contribution in [2.45, 2.75) is 26.4 Å². The minimum absolute atomic E-state index is 0.300. The number of H-pyrrole nitrogens is 1. The Morgan fingerprint density at radius 3 is 2.74 bits per heavy atom. The van der Waals surface area contributed by atoms with Crippen LogP contribution in [0.4, 0.5) is 0 Å². The van der Waals surface area contributed by atoms with E-state index in [1.807, 2.05) is 67.7 Å². The molecule has 0 amide bonds. The summed E-state index contributed by atoms with van der Waals surface area (Å²) in [4.78, 5) is 3.14. The van der Waals surface area contributed by atoms with Crippen LogP contribution in [0, 0.1) is 0 Å². The molecule has 0 aliphatic carbocycles. The summed E-state index contributed by atoms with van der Waals surface area (Å²) in [7, 11) is -3.68. The summed E-state index contributed by atoms with van der Waals surface area (Å²) in [6.07, 6.45) is 3.41. The number of sulfonamides is 1. The second-order valence-corrected chi connectivity index (χ2v) is 8.61. The molecule has 0 unspecified atom stereocenters. The van der Waals surface area contributed by atoms with E-state index in [-0.39, 0.29) is 0 Å². The van der Waals surface area contributed by atoms with E-state index in [4.69, 9.17) is 4.74 Å². The van der Waals surface area contributed by atoms with Crippen molar-refractivity contribution in [2.75, 3.05) is 0 Å². The van der Waals surface area contributed by atoms with Gasteiger partial charge in [-0.25, -0.2) is 13.1 Å². The van der Waals surface area contributed by atoms with Gasteiger partial charge in [-0.2, -0.15) is 0 Å². The van der Waals surface area contributed by atoms with E-state index < -0.39 is 16.1 Å². The van der Waals surface area contributed by atoms with Gasteiger partial charge in [-0.3, -0.25) is 4.57 Å². The highest BCUT2D eigenvalue weighted by Crippen LogP contribution is 2.26. The molecule has 2 N–H and O–H groups in total. The number of hydrogen-bond donors (Lipinski definition) is 2. The van der Waals surface area contributed by atoms with E-state index in [1.54, 1.807) is 17.6 Å². The molecule has 160 valence electrons. The molecule has 0 spiro atoms. The highest BCUT2D eigenvalue weighted by molar-refractivity contribution is 7.92. The molecular weight excluding hydrogens is 414 g/mol. The Kier molecular flexibility index (Phi) is 5.88. The summed E-state index contributed by atoms with van der Waals surface area (Å²) in [5.41, 5.74) is 1.75. The highest BCUT2D eigenvalue weighted by Gasteiger charge is 2.21. The van der Waals surface area contributed by atoms with Gasteiger partial charge in [0.2, 0.25) is 10.0 Å². The molecule has 4 aromatic rings. The fraction of sp³-hybridized carbons (Fsp3) is 0.182. The van der Waals surface area contributed by atoms with Crippen LogP contribution in [0.5, 0.6) is 11.8 Å². The van der Waals surface area contributed by atoms with Crippen molar-refractivity contribution in [3.8, 4) is 11.8 Å². The second-order valence-electron chi connectivity index (χ2n) is 7.01. The van der Waals surface area contributed by atoms with Crippen LogP contribution in [0.1, 0.15) is 31.3 Å². The molecule has 0 bridgehead atoms. The van der Waals surface area contributed by atoms with Crippen LogP contribution in [0.3, 0.4) is 0 Å². The van der Waals surface area contributed by atoms with Gasteiger partial charge in [0.05, 0.1) is 6.04 Å². The smallest absolute Gasteiger partial charge is 0.322 e. The summed E-state index contributed by atoms with van der Waals surface area (Å²) < 4.78 is 35.3. The molecule has 8 nitrogen and oxygen atoms in total. The lowest BCUT2D eigenvalue weighted by Gasteiger charge is -2.14. The number of rotatable bonds is 8. The van der Waals surface area contributed by atoms with Crippen molar-refractivity contribution in [2.24, 2.45) is 0 Å². The van der Waals surface area contributed by atoms with Crippen LogP contribution < -0.4 is 9.46 Å². The molecule has 0 radical (unpaired) electrons. The molecule has 0 aliphatic heterocycles. The van der Waals surface area contributed by atoms with Gasteiger partial charge in [-0.15, -0.1) is 5.10 Å². The summed E-state index contributed by atoms with van der Waals surface area (Å²) in [5.74, 6) is 1.08. The summed E-state index contributed by atoms with van der Waals surface area (Å²) in [5, 5.41) is 10.5. The predicted molar refractivity (Wildman–Crippen MR) is 120 cm³/mol. The van der Waals surface area contributed by atoms with Crippen molar-refractivity contribution < 1.29 is 13.2 Å². The molecule has 1 atom stereocenters. The van der Waals surface area contributed by atoms with Gasteiger partial charge in [0, 0.05) is 29.7 Å². The van der Waals surface area contributed by atoms with Gasteiger partial charge in [0.25, 0.3) is 0 Å². The number of ether oxygens (including phenoxy) is 1. The number of benzene rings is 2. The summed E-state index contributed by atoms with van der Waals surface area (Å²) in [6, 6.07) is 16.6. The lowest BCUT2D eigenvalue weighted by Crippen LogP contribution is -2.27. The molecule has 2 aromatic carbocycles. The van der Waals surface area contributed by atoms with Crippen LogP contribution in [-0.4, -0.2) is 28.2 Å². The van der Waals surface area contributed by atoms with Crippen molar-refractivity contribution in [3.05, 3.63) is 77.6 Å².